The molecule has 23 heavy (non-hydrogen) atoms. The molecule has 0 saturated carbocycles. The number of sulfonamides is 1. The van der Waals surface area contributed by atoms with Crippen LogP contribution in [0.3, 0.4) is 0 Å². The van der Waals surface area contributed by atoms with Gasteiger partial charge in [0.1, 0.15) is 23.0 Å². The highest BCUT2D eigenvalue weighted by Gasteiger charge is 2.22. The zero-order valence-corrected chi connectivity index (χ0v) is 14.4. The lowest BCUT2D eigenvalue weighted by Gasteiger charge is -2.16. The average molecular weight is 356 g/mol. The summed E-state index contributed by atoms with van der Waals surface area (Å²) in [6.45, 7) is 1.92. The summed E-state index contributed by atoms with van der Waals surface area (Å²) in [4.78, 5) is -0.000869. The highest BCUT2D eigenvalue weighted by Crippen LogP contribution is 2.27. The van der Waals surface area contributed by atoms with Crippen LogP contribution in [-0.4, -0.2) is 28.2 Å². The van der Waals surface area contributed by atoms with Gasteiger partial charge in [-0.1, -0.05) is 29.8 Å². The first-order valence-corrected chi connectivity index (χ1v) is 8.82. The molecule has 1 N–H and O–H groups in total. The molecule has 0 spiro atoms. The fourth-order valence-electron chi connectivity index (χ4n) is 1.96. The van der Waals surface area contributed by atoms with Crippen LogP contribution < -0.4 is 14.2 Å². The SMILES string of the molecule is COc1ccc(Cl)cc1S(=O)(=O)N[C@@H](C)COc1ccccc1. The fourth-order valence-corrected chi connectivity index (χ4v) is 3.62. The second kappa shape index (κ2) is 7.68. The highest BCUT2D eigenvalue weighted by molar-refractivity contribution is 7.89. The van der Waals surface area contributed by atoms with Crippen molar-refractivity contribution in [2.75, 3.05) is 13.7 Å². The molecule has 0 aliphatic rings. The molecule has 5 nitrogen and oxygen atoms in total. The maximum absolute atomic E-state index is 12.5. The lowest BCUT2D eigenvalue weighted by Crippen LogP contribution is -2.36. The number of hydrogen-bond donors (Lipinski definition) is 1. The number of para-hydroxylation sites is 1. The molecule has 124 valence electrons. The van der Waals surface area contributed by atoms with Crippen LogP contribution in [0.25, 0.3) is 0 Å². The van der Waals surface area contributed by atoms with Crippen LogP contribution in [0.5, 0.6) is 11.5 Å². The van der Waals surface area contributed by atoms with E-state index >= 15 is 0 Å². The second-order valence-corrected chi connectivity index (χ2v) is 7.06. The van der Waals surface area contributed by atoms with E-state index in [1.165, 1.54) is 19.2 Å². The Morgan fingerprint density at radius 3 is 2.52 bits per heavy atom. The van der Waals surface area contributed by atoms with Crippen LogP contribution in [0.2, 0.25) is 5.02 Å². The Hall–Kier alpha value is -1.76. The lowest BCUT2D eigenvalue weighted by atomic mass is 10.3. The molecule has 0 aliphatic heterocycles. The smallest absolute Gasteiger partial charge is 0.244 e. The van der Waals surface area contributed by atoms with E-state index in [0.29, 0.717) is 10.8 Å². The zero-order chi connectivity index (χ0) is 16.9. The zero-order valence-electron chi connectivity index (χ0n) is 12.8. The van der Waals surface area contributed by atoms with Gasteiger partial charge in [0.2, 0.25) is 10.0 Å². The molecule has 7 heteroatoms. The maximum Gasteiger partial charge on any atom is 0.244 e. The van der Waals surface area contributed by atoms with Crippen molar-refractivity contribution in [2.24, 2.45) is 0 Å². The topological polar surface area (TPSA) is 64.6 Å². The summed E-state index contributed by atoms with van der Waals surface area (Å²) in [7, 11) is -2.36. The fraction of sp³-hybridized carbons (Fsp3) is 0.250. The average Bonchev–Trinajstić information content (AvgIpc) is 2.53. The lowest BCUT2D eigenvalue weighted by molar-refractivity contribution is 0.287. The minimum Gasteiger partial charge on any atom is -0.495 e. The van der Waals surface area contributed by atoms with Crippen molar-refractivity contribution in [3.8, 4) is 11.5 Å². The van der Waals surface area contributed by atoms with Gasteiger partial charge >= 0.3 is 0 Å². The summed E-state index contributed by atoms with van der Waals surface area (Å²) in [6, 6.07) is 13.2. The van der Waals surface area contributed by atoms with Crippen molar-refractivity contribution in [2.45, 2.75) is 17.9 Å². The van der Waals surface area contributed by atoms with Crippen LogP contribution in [-0.2, 0) is 10.0 Å². The van der Waals surface area contributed by atoms with E-state index in [9.17, 15) is 8.42 Å². The molecular weight excluding hydrogens is 338 g/mol. The summed E-state index contributed by atoms with van der Waals surface area (Å²) in [5.74, 6) is 0.914. The van der Waals surface area contributed by atoms with E-state index in [4.69, 9.17) is 21.1 Å². The molecule has 0 aromatic heterocycles. The Labute approximate surface area is 141 Å². The first kappa shape index (κ1) is 17.6. The molecule has 0 heterocycles. The summed E-state index contributed by atoms with van der Waals surface area (Å²) in [5.41, 5.74) is 0. The molecule has 2 aromatic rings. The number of ether oxygens (including phenoxy) is 2. The standard InChI is InChI=1S/C16H18ClNO4S/c1-12(11-22-14-6-4-3-5-7-14)18-23(19,20)16-10-13(17)8-9-15(16)21-2/h3-10,12,18H,11H2,1-2H3/t12-/m0/s1. The van der Waals surface area contributed by atoms with Crippen molar-refractivity contribution >= 4 is 21.6 Å². The van der Waals surface area contributed by atoms with E-state index in [0.717, 1.165) is 0 Å². The number of methoxy groups -OCH3 is 1. The summed E-state index contributed by atoms with van der Waals surface area (Å²) in [5, 5.41) is 0.319. The second-order valence-electron chi connectivity index (χ2n) is 4.94. The summed E-state index contributed by atoms with van der Waals surface area (Å²) >= 11 is 5.89. The van der Waals surface area contributed by atoms with Crippen molar-refractivity contribution in [3.63, 3.8) is 0 Å². The normalized spacial score (nSPS) is 12.7. The molecule has 0 fully saturated rings. The molecule has 2 aromatic carbocycles. The van der Waals surface area contributed by atoms with Crippen molar-refractivity contribution in [1.29, 1.82) is 0 Å². The van der Waals surface area contributed by atoms with Gasteiger partial charge in [0, 0.05) is 5.02 Å². The molecular formula is C16H18ClNO4S. The maximum atomic E-state index is 12.5. The number of rotatable bonds is 7. The third kappa shape index (κ3) is 4.86. The molecule has 0 radical (unpaired) electrons. The Balaban J connectivity index is 2.07. The van der Waals surface area contributed by atoms with Gasteiger partial charge < -0.3 is 9.47 Å². The van der Waals surface area contributed by atoms with Crippen LogP contribution in [0.1, 0.15) is 6.92 Å². The van der Waals surface area contributed by atoms with Gasteiger partial charge in [-0.25, -0.2) is 13.1 Å². The van der Waals surface area contributed by atoms with Crippen molar-refractivity contribution < 1.29 is 17.9 Å². The van der Waals surface area contributed by atoms with E-state index < -0.39 is 16.1 Å². The van der Waals surface area contributed by atoms with Gasteiger partial charge in [-0.2, -0.15) is 0 Å². The monoisotopic (exact) mass is 355 g/mol. The molecule has 0 aliphatic carbocycles. The van der Waals surface area contributed by atoms with Gasteiger partial charge in [0.25, 0.3) is 0 Å². The number of benzene rings is 2. The first-order chi connectivity index (χ1) is 10.9. The van der Waals surface area contributed by atoms with Crippen molar-refractivity contribution in [3.05, 3.63) is 53.6 Å². The number of halogens is 1. The molecule has 0 saturated heterocycles. The van der Waals surface area contributed by atoms with Crippen LogP contribution in [0.15, 0.2) is 53.4 Å². The van der Waals surface area contributed by atoms with Crippen molar-refractivity contribution in [1.82, 2.24) is 4.72 Å². The molecule has 0 unspecified atom stereocenters. The number of hydrogen-bond acceptors (Lipinski definition) is 4. The number of nitrogens with one attached hydrogen (secondary N) is 1. The van der Waals surface area contributed by atoms with Gasteiger partial charge in [0.05, 0.1) is 13.2 Å². The van der Waals surface area contributed by atoms with Gasteiger partial charge in [-0.05, 0) is 37.3 Å². The van der Waals surface area contributed by atoms with E-state index in [1.54, 1.807) is 25.1 Å². The molecule has 0 amide bonds. The van der Waals surface area contributed by atoms with E-state index in [2.05, 4.69) is 4.72 Å². The largest absolute Gasteiger partial charge is 0.495 e. The Morgan fingerprint density at radius 1 is 1.17 bits per heavy atom. The van der Waals surface area contributed by atoms with Gasteiger partial charge in [-0.3, -0.25) is 0 Å². The minimum absolute atomic E-state index is 0.000869. The third-order valence-corrected chi connectivity index (χ3v) is 4.86. The Bertz CT molecular complexity index is 750. The highest BCUT2D eigenvalue weighted by atomic mass is 35.5. The predicted octanol–water partition coefficient (Wildman–Crippen LogP) is 3.09. The quantitative estimate of drug-likeness (QED) is 0.828. The van der Waals surface area contributed by atoms with Crippen LogP contribution in [0, 0.1) is 0 Å². The van der Waals surface area contributed by atoms with Gasteiger partial charge in [-0.15, -0.1) is 0 Å². The van der Waals surface area contributed by atoms with Gasteiger partial charge in [0.15, 0.2) is 0 Å². The van der Waals surface area contributed by atoms with Crippen LogP contribution in [0.4, 0.5) is 0 Å². The molecule has 1 atom stereocenters. The predicted molar refractivity (Wildman–Crippen MR) is 89.7 cm³/mol. The minimum atomic E-state index is -3.77. The first-order valence-electron chi connectivity index (χ1n) is 6.96. The Kier molecular flexibility index (Phi) is 5.87. The van der Waals surface area contributed by atoms with E-state index in [1.807, 2.05) is 18.2 Å². The molecule has 2 rings (SSSR count). The van der Waals surface area contributed by atoms with E-state index in [-0.39, 0.29) is 17.3 Å². The Morgan fingerprint density at radius 2 is 1.87 bits per heavy atom. The van der Waals surface area contributed by atoms with Crippen LogP contribution >= 0.6 is 11.6 Å². The summed E-state index contributed by atoms with van der Waals surface area (Å²) < 4.78 is 38.1. The molecule has 0 bridgehead atoms. The third-order valence-electron chi connectivity index (χ3n) is 3.01. The summed E-state index contributed by atoms with van der Waals surface area (Å²) in [6.07, 6.45) is 0.